The van der Waals surface area contributed by atoms with Crippen molar-refractivity contribution >= 4 is 39.5 Å². The predicted octanol–water partition coefficient (Wildman–Crippen LogP) is 0.172. The summed E-state index contributed by atoms with van der Waals surface area (Å²) < 4.78 is 16.8. The minimum Gasteiger partial charge on any atom is -0.449 e. The molecule has 1 saturated heterocycles. The van der Waals surface area contributed by atoms with Gasteiger partial charge in [0.05, 0.1) is 0 Å². The van der Waals surface area contributed by atoms with Gasteiger partial charge in [0.25, 0.3) is 20.0 Å². The van der Waals surface area contributed by atoms with Crippen molar-refractivity contribution in [3.8, 4) is 0 Å². The summed E-state index contributed by atoms with van der Waals surface area (Å²) in [5.41, 5.74) is 0. The Morgan fingerprint density at radius 3 is 1.82 bits per heavy atom. The molecule has 0 amide bonds. The summed E-state index contributed by atoms with van der Waals surface area (Å²) in [6.07, 6.45) is 11.4. The SMILES string of the molecule is [SiH3]O[SiH2]O[SiH2]O[SiH]1CCCCCCCCCC1. The molecule has 0 radical (unpaired) electrons. The van der Waals surface area contributed by atoms with Crippen LogP contribution in [-0.4, -0.2) is 39.5 Å². The average molecular weight is 309 g/mol. The van der Waals surface area contributed by atoms with E-state index in [4.69, 9.17) is 12.3 Å². The van der Waals surface area contributed by atoms with E-state index in [0.717, 1.165) is 10.5 Å². The maximum atomic E-state index is 6.08. The molecule has 1 rings (SSSR count). The molecule has 0 unspecified atom stereocenters. The number of hydrogen-bond acceptors (Lipinski definition) is 3. The lowest BCUT2D eigenvalue weighted by Crippen LogP contribution is -2.23. The predicted molar refractivity (Wildman–Crippen MR) is 84.0 cm³/mol. The van der Waals surface area contributed by atoms with E-state index in [-0.39, 0.29) is 0 Å². The van der Waals surface area contributed by atoms with Crippen LogP contribution in [-0.2, 0) is 12.3 Å². The Labute approximate surface area is 115 Å². The van der Waals surface area contributed by atoms with Crippen LogP contribution in [0.1, 0.15) is 51.4 Å². The normalized spacial score (nSPS) is 22.6. The van der Waals surface area contributed by atoms with Gasteiger partial charge in [0.1, 0.15) is 10.5 Å². The zero-order valence-corrected chi connectivity index (χ0v) is 17.3. The monoisotopic (exact) mass is 308 g/mol. The van der Waals surface area contributed by atoms with Crippen molar-refractivity contribution in [2.45, 2.75) is 63.5 Å². The first-order chi connectivity index (χ1) is 8.43. The van der Waals surface area contributed by atoms with Crippen LogP contribution in [0.25, 0.3) is 0 Å². The van der Waals surface area contributed by atoms with Gasteiger partial charge in [-0.1, -0.05) is 51.4 Å². The van der Waals surface area contributed by atoms with E-state index in [1.807, 2.05) is 0 Å². The van der Waals surface area contributed by atoms with E-state index >= 15 is 0 Å². The summed E-state index contributed by atoms with van der Waals surface area (Å²) >= 11 is 0. The maximum Gasteiger partial charge on any atom is 0.284 e. The quantitative estimate of drug-likeness (QED) is 0.535. The van der Waals surface area contributed by atoms with E-state index in [0.29, 0.717) is 0 Å². The van der Waals surface area contributed by atoms with Gasteiger partial charge >= 0.3 is 0 Å². The van der Waals surface area contributed by atoms with Gasteiger partial charge in [0.2, 0.25) is 0 Å². The fourth-order valence-corrected chi connectivity index (χ4v) is 9.95. The zero-order valence-electron chi connectivity index (χ0n) is 11.3. The summed E-state index contributed by atoms with van der Waals surface area (Å²) in [7, 11) is -1.39. The average Bonchev–Trinajstić information content (AvgIpc) is 2.40. The Hall–Kier alpha value is 0.748. The molecule has 0 saturated carbocycles. The highest BCUT2D eigenvalue weighted by Gasteiger charge is 2.12. The van der Waals surface area contributed by atoms with E-state index in [1.54, 1.807) is 0 Å². The van der Waals surface area contributed by atoms with Gasteiger partial charge in [-0.15, -0.1) is 0 Å². The van der Waals surface area contributed by atoms with E-state index in [9.17, 15) is 0 Å². The zero-order chi connectivity index (χ0) is 12.2. The van der Waals surface area contributed by atoms with Gasteiger partial charge in [-0.25, -0.2) is 0 Å². The van der Waals surface area contributed by atoms with Crippen LogP contribution in [0.4, 0.5) is 0 Å². The van der Waals surface area contributed by atoms with Crippen molar-refractivity contribution in [3.05, 3.63) is 0 Å². The van der Waals surface area contributed by atoms with Crippen molar-refractivity contribution in [3.63, 3.8) is 0 Å². The molecular weight excluding hydrogens is 280 g/mol. The Balaban J connectivity index is 2.13. The lowest BCUT2D eigenvalue weighted by atomic mass is 10.1. The molecule has 0 aromatic carbocycles. The highest BCUT2D eigenvalue weighted by atomic mass is 28.4. The third kappa shape index (κ3) is 9.34. The van der Waals surface area contributed by atoms with Crippen LogP contribution in [0, 0.1) is 0 Å². The van der Waals surface area contributed by atoms with Crippen LogP contribution in [0.5, 0.6) is 0 Å². The fraction of sp³-hybridized carbons (Fsp3) is 1.00. The van der Waals surface area contributed by atoms with E-state index in [2.05, 4.69) is 0 Å². The largest absolute Gasteiger partial charge is 0.449 e. The summed E-state index contributed by atoms with van der Waals surface area (Å²) in [6, 6.07) is 2.78. The molecule has 17 heavy (non-hydrogen) atoms. The van der Waals surface area contributed by atoms with Crippen LogP contribution in [0.3, 0.4) is 0 Å². The molecule has 0 spiro atoms. The van der Waals surface area contributed by atoms with Gasteiger partial charge in [0.15, 0.2) is 9.04 Å². The molecule has 102 valence electrons. The van der Waals surface area contributed by atoms with Crippen LogP contribution >= 0.6 is 0 Å². The second-order valence-corrected chi connectivity index (χ2v) is 13.1. The number of rotatable bonds is 5. The van der Waals surface area contributed by atoms with Gasteiger partial charge in [-0.2, -0.15) is 0 Å². The number of hydrogen-bond donors (Lipinski definition) is 0. The summed E-state index contributed by atoms with van der Waals surface area (Å²) in [4.78, 5) is 0. The molecule has 3 nitrogen and oxygen atoms in total. The van der Waals surface area contributed by atoms with Gasteiger partial charge in [-0.05, 0) is 12.1 Å². The Kier molecular flexibility index (Phi) is 11.0. The lowest BCUT2D eigenvalue weighted by molar-refractivity contribution is 0.428. The first-order valence-corrected chi connectivity index (χ1v) is 12.3. The molecule has 1 heterocycles. The highest BCUT2D eigenvalue weighted by Crippen LogP contribution is 2.17. The molecule has 0 N–H and O–H groups in total. The van der Waals surface area contributed by atoms with Crippen molar-refractivity contribution < 1.29 is 12.3 Å². The van der Waals surface area contributed by atoms with Crippen LogP contribution in [0.2, 0.25) is 12.1 Å². The van der Waals surface area contributed by atoms with Gasteiger partial charge < -0.3 is 12.3 Å². The van der Waals surface area contributed by atoms with E-state index < -0.39 is 29.1 Å². The van der Waals surface area contributed by atoms with Crippen molar-refractivity contribution in [1.82, 2.24) is 0 Å². The maximum absolute atomic E-state index is 6.08. The Bertz CT molecular complexity index is 162. The molecule has 0 bridgehead atoms. The minimum absolute atomic E-state index is 0.638. The Morgan fingerprint density at radius 2 is 1.29 bits per heavy atom. The molecule has 0 atom stereocenters. The van der Waals surface area contributed by atoms with Crippen molar-refractivity contribution in [2.24, 2.45) is 0 Å². The molecule has 1 aliphatic rings. The van der Waals surface area contributed by atoms with Gasteiger partial charge in [-0.3, -0.25) is 0 Å². The molecule has 0 aromatic rings. The topological polar surface area (TPSA) is 27.7 Å². The smallest absolute Gasteiger partial charge is 0.284 e. The molecule has 7 heteroatoms. The standard InChI is InChI=1S/C10H28O3Si4/c14-11-15-12-16-13-17-9-7-5-3-1-2-4-6-8-10-17/h17H,1-10,15-16H2,14H3. The molecule has 0 aromatic heterocycles. The van der Waals surface area contributed by atoms with Crippen molar-refractivity contribution in [1.29, 1.82) is 0 Å². The van der Waals surface area contributed by atoms with Crippen LogP contribution < -0.4 is 0 Å². The summed E-state index contributed by atoms with van der Waals surface area (Å²) in [5.74, 6) is 0. The van der Waals surface area contributed by atoms with Gasteiger partial charge in [0, 0.05) is 0 Å². The first-order valence-electron chi connectivity index (χ1n) is 7.12. The van der Waals surface area contributed by atoms with E-state index in [1.165, 1.54) is 63.5 Å². The van der Waals surface area contributed by atoms with Crippen LogP contribution in [0.15, 0.2) is 0 Å². The third-order valence-corrected chi connectivity index (χ3v) is 10.2. The third-order valence-electron chi connectivity index (χ3n) is 3.39. The second kappa shape index (κ2) is 11.8. The molecule has 0 aliphatic carbocycles. The minimum atomic E-state index is -0.897. The van der Waals surface area contributed by atoms with Crippen molar-refractivity contribution in [2.75, 3.05) is 0 Å². The highest BCUT2D eigenvalue weighted by molar-refractivity contribution is 6.58. The fourth-order valence-electron chi connectivity index (χ4n) is 2.38. The summed E-state index contributed by atoms with van der Waals surface area (Å²) in [6.45, 7) is 0. The summed E-state index contributed by atoms with van der Waals surface area (Å²) in [5, 5.41) is 0. The lowest BCUT2D eigenvalue weighted by Gasteiger charge is -2.16. The first kappa shape index (κ1) is 15.8. The second-order valence-electron chi connectivity index (χ2n) is 4.92. The molecular formula is C10H28O3Si4. The Morgan fingerprint density at radius 1 is 0.765 bits per heavy atom. The molecule has 1 fully saturated rings. The molecule has 1 aliphatic heterocycles.